The first-order valence-corrected chi connectivity index (χ1v) is 6.33. The van der Waals surface area contributed by atoms with Crippen LogP contribution in [0, 0.1) is 0 Å². The lowest BCUT2D eigenvalue weighted by Gasteiger charge is -2.13. The van der Waals surface area contributed by atoms with Crippen molar-refractivity contribution in [3.8, 4) is 17.2 Å². The first kappa shape index (κ1) is 15.4. The van der Waals surface area contributed by atoms with Crippen LogP contribution >= 0.6 is 0 Å². The van der Waals surface area contributed by atoms with Gasteiger partial charge in [0, 0.05) is 6.07 Å². The molecule has 2 rings (SSSR count). The molecule has 0 atom stereocenters. The standard InChI is InChI=1S/C16H14O6/c1-20-11-8-12(15(17)18)14(13(9-11)21-2)22-16(19)10-6-4-3-5-7-10/h3-9H,1-2H3,(H,17,18). The van der Waals surface area contributed by atoms with Crippen LogP contribution in [-0.2, 0) is 0 Å². The van der Waals surface area contributed by atoms with Crippen LogP contribution < -0.4 is 14.2 Å². The number of ether oxygens (including phenoxy) is 3. The molecule has 0 fully saturated rings. The molecule has 0 unspecified atom stereocenters. The number of carbonyl (C=O) groups excluding carboxylic acids is 1. The fourth-order valence-corrected chi connectivity index (χ4v) is 1.84. The minimum atomic E-state index is -1.26. The Labute approximate surface area is 126 Å². The van der Waals surface area contributed by atoms with Crippen LogP contribution in [0.15, 0.2) is 42.5 Å². The van der Waals surface area contributed by atoms with Gasteiger partial charge in [0.25, 0.3) is 0 Å². The lowest BCUT2D eigenvalue weighted by atomic mass is 10.1. The van der Waals surface area contributed by atoms with Crippen molar-refractivity contribution in [1.82, 2.24) is 0 Å². The van der Waals surface area contributed by atoms with E-state index in [-0.39, 0.29) is 22.8 Å². The maximum absolute atomic E-state index is 12.1. The number of esters is 1. The number of hydrogen-bond donors (Lipinski definition) is 1. The van der Waals surface area contributed by atoms with E-state index in [4.69, 9.17) is 14.2 Å². The lowest BCUT2D eigenvalue weighted by molar-refractivity contribution is 0.0678. The summed E-state index contributed by atoms with van der Waals surface area (Å²) in [6.45, 7) is 0. The number of aromatic carboxylic acids is 1. The molecule has 0 saturated heterocycles. The number of hydrogen-bond acceptors (Lipinski definition) is 5. The second-order valence-electron chi connectivity index (χ2n) is 4.27. The van der Waals surface area contributed by atoms with Crippen molar-refractivity contribution in [2.24, 2.45) is 0 Å². The average Bonchev–Trinajstić information content (AvgIpc) is 2.55. The highest BCUT2D eigenvalue weighted by molar-refractivity contribution is 5.96. The van der Waals surface area contributed by atoms with E-state index < -0.39 is 11.9 Å². The fourth-order valence-electron chi connectivity index (χ4n) is 1.84. The summed E-state index contributed by atoms with van der Waals surface area (Å²) >= 11 is 0. The summed E-state index contributed by atoms with van der Waals surface area (Å²) in [5.41, 5.74) is 0.0807. The van der Waals surface area contributed by atoms with Gasteiger partial charge in [0.05, 0.1) is 19.8 Å². The molecule has 0 aromatic heterocycles. The highest BCUT2D eigenvalue weighted by Gasteiger charge is 2.22. The van der Waals surface area contributed by atoms with Crippen molar-refractivity contribution in [3.63, 3.8) is 0 Å². The third-order valence-electron chi connectivity index (χ3n) is 2.92. The number of carboxylic acid groups (broad SMARTS) is 1. The van der Waals surface area contributed by atoms with Gasteiger partial charge in [0.15, 0.2) is 11.5 Å². The average molecular weight is 302 g/mol. The van der Waals surface area contributed by atoms with Gasteiger partial charge in [-0.15, -0.1) is 0 Å². The Morgan fingerprint density at radius 3 is 2.23 bits per heavy atom. The lowest BCUT2D eigenvalue weighted by Crippen LogP contribution is -2.12. The van der Waals surface area contributed by atoms with Crippen LogP contribution in [0.25, 0.3) is 0 Å². The predicted molar refractivity (Wildman–Crippen MR) is 77.9 cm³/mol. The van der Waals surface area contributed by atoms with Crippen LogP contribution in [-0.4, -0.2) is 31.3 Å². The molecule has 0 aliphatic carbocycles. The Balaban J connectivity index is 2.45. The summed E-state index contributed by atoms with van der Waals surface area (Å²) in [5, 5.41) is 9.29. The van der Waals surface area contributed by atoms with E-state index in [2.05, 4.69) is 0 Å². The van der Waals surface area contributed by atoms with Gasteiger partial charge in [0.1, 0.15) is 11.3 Å². The largest absolute Gasteiger partial charge is 0.497 e. The second kappa shape index (κ2) is 6.62. The smallest absolute Gasteiger partial charge is 0.343 e. The molecular weight excluding hydrogens is 288 g/mol. The topological polar surface area (TPSA) is 82.1 Å². The molecule has 6 heteroatoms. The maximum Gasteiger partial charge on any atom is 0.343 e. The Morgan fingerprint density at radius 2 is 1.68 bits per heavy atom. The minimum absolute atomic E-state index is 0.0982. The van der Waals surface area contributed by atoms with E-state index in [1.165, 1.54) is 26.4 Å². The molecule has 0 saturated carbocycles. The van der Waals surface area contributed by atoms with Gasteiger partial charge >= 0.3 is 11.9 Å². The van der Waals surface area contributed by atoms with Crippen molar-refractivity contribution >= 4 is 11.9 Å². The maximum atomic E-state index is 12.1. The van der Waals surface area contributed by atoms with E-state index >= 15 is 0 Å². The van der Waals surface area contributed by atoms with Crippen molar-refractivity contribution in [1.29, 1.82) is 0 Å². The molecule has 2 aromatic rings. The highest BCUT2D eigenvalue weighted by atomic mass is 16.6. The molecule has 2 aromatic carbocycles. The molecule has 22 heavy (non-hydrogen) atoms. The summed E-state index contributed by atoms with van der Waals surface area (Å²) in [6.07, 6.45) is 0. The summed E-state index contributed by atoms with van der Waals surface area (Å²) in [4.78, 5) is 23.5. The molecule has 0 heterocycles. The van der Waals surface area contributed by atoms with Crippen LogP contribution in [0.5, 0.6) is 17.2 Å². The first-order valence-electron chi connectivity index (χ1n) is 6.33. The number of benzene rings is 2. The Hall–Kier alpha value is -3.02. The van der Waals surface area contributed by atoms with E-state index in [9.17, 15) is 14.7 Å². The molecule has 6 nitrogen and oxygen atoms in total. The summed E-state index contributed by atoms with van der Waals surface area (Å²) in [7, 11) is 2.75. The molecule has 0 bridgehead atoms. The molecule has 0 amide bonds. The van der Waals surface area contributed by atoms with Gasteiger partial charge in [-0.25, -0.2) is 9.59 Å². The summed E-state index contributed by atoms with van der Waals surface area (Å²) < 4.78 is 15.3. The predicted octanol–water partition coefficient (Wildman–Crippen LogP) is 2.62. The second-order valence-corrected chi connectivity index (χ2v) is 4.27. The number of methoxy groups -OCH3 is 2. The van der Waals surface area contributed by atoms with Crippen LogP contribution in [0.3, 0.4) is 0 Å². The van der Waals surface area contributed by atoms with Crippen molar-refractivity contribution in [3.05, 3.63) is 53.6 Å². The third-order valence-corrected chi connectivity index (χ3v) is 2.92. The van der Waals surface area contributed by atoms with Crippen LogP contribution in [0.2, 0.25) is 0 Å². The molecule has 1 N–H and O–H groups in total. The zero-order valence-corrected chi connectivity index (χ0v) is 12.0. The minimum Gasteiger partial charge on any atom is -0.497 e. The van der Waals surface area contributed by atoms with Gasteiger partial charge in [-0.2, -0.15) is 0 Å². The van der Waals surface area contributed by atoms with Gasteiger partial charge in [-0.1, -0.05) is 18.2 Å². The Morgan fingerprint density at radius 1 is 1.00 bits per heavy atom. The van der Waals surface area contributed by atoms with E-state index in [1.807, 2.05) is 0 Å². The summed E-state index contributed by atoms with van der Waals surface area (Å²) in [6, 6.07) is 11.0. The van der Waals surface area contributed by atoms with Crippen LogP contribution in [0.4, 0.5) is 0 Å². The fraction of sp³-hybridized carbons (Fsp3) is 0.125. The Kier molecular flexibility index (Phi) is 4.63. The van der Waals surface area contributed by atoms with Gasteiger partial charge in [0.2, 0.25) is 0 Å². The zero-order valence-electron chi connectivity index (χ0n) is 12.0. The molecule has 0 radical (unpaired) electrons. The highest BCUT2D eigenvalue weighted by Crippen LogP contribution is 2.36. The van der Waals surface area contributed by atoms with Gasteiger partial charge in [-0.3, -0.25) is 0 Å². The van der Waals surface area contributed by atoms with Crippen molar-refractivity contribution in [2.75, 3.05) is 14.2 Å². The number of carbonyl (C=O) groups is 2. The Bertz CT molecular complexity index is 693. The SMILES string of the molecule is COc1cc(OC)c(OC(=O)c2ccccc2)c(C(=O)O)c1. The van der Waals surface area contributed by atoms with Crippen molar-refractivity contribution in [2.45, 2.75) is 0 Å². The van der Waals surface area contributed by atoms with E-state index in [1.54, 1.807) is 30.3 Å². The quantitative estimate of drug-likeness (QED) is 0.675. The zero-order chi connectivity index (χ0) is 16.1. The molecule has 0 spiro atoms. The van der Waals surface area contributed by atoms with E-state index in [0.29, 0.717) is 5.56 Å². The van der Waals surface area contributed by atoms with Gasteiger partial charge in [-0.05, 0) is 18.2 Å². The summed E-state index contributed by atoms with van der Waals surface area (Å²) in [5.74, 6) is -1.71. The molecule has 0 aliphatic rings. The third kappa shape index (κ3) is 3.17. The first-order chi connectivity index (χ1) is 10.6. The van der Waals surface area contributed by atoms with Gasteiger partial charge < -0.3 is 19.3 Å². The monoisotopic (exact) mass is 302 g/mol. The number of rotatable bonds is 5. The molecule has 0 aliphatic heterocycles. The molecular formula is C16H14O6. The van der Waals surface area contributed by atoms with E-state index in [0.717, 1.165) is 0 Å². The normalized spacial score (nSPS) is 9.91. The molecule has 114 valence electrons. The van der Waals surface area contributed by atoms with Crippen LogP contribution in [0.1, 0.15) is 20.7 Å². The van der Waals surface area contributed by atoms with Crippen molar-refractivity contribution < 1.29 is 28.9 Å². The number of carboxylic acids is 1.